The quantitative estimate of drug-likeness (QED) is 0.421. The van der Waals surface area contributed by atoms with Crippen molar-refractivity contribution in [3.8, 4) is 11.4 Å². The zero-order valence-electron chi connectivity index (χ0n) is 13.5. The molecule has 0 aliphatic carbocycles. The minimum Gasteiger partial charge on any atom is -0.331 e. The molecule has 7 nitrogen and oxygen atoms in total. The number of hydrogen-bond donors (Lipinski definition) is 1. The first-order chi connectivity index (χ1) is 12.5. The molecule has 0 saturated carbocycles. The highest BCUT2D eigenvalue weighted by molar-refractivity contribution is 7.14. The van der Waals surface area contributed by atoms with Gasteiger partial charge in [-0.2, -0.15) is 0 Å². The van der Waals surface area contributed by atoms with Gasteiger partial charge in [-0.15, -0.1) is 11.3 Å². The zero-order valence-corrected chi connectivity index (χ0v) is 14.3. The average Bonchev–Trinajstić information content (AvgIpc) is 3.22. The Morgan fingerprint density at radius 1 is 1.31 bits per heavy atom. The molecule has 0 aliphatic heterocycles. The third-order valence-electron chi connectivity index (χ3n) is 3.91. The van der Waals surface area contributed by atoms with Crippen molar-refractivity contribution >= 4 is 33.5 Å². The molecular formula is C17H12FN5O2S. The van der Waals surface area contributed by atoms with Crippen molar-refractivity contribution in [2.45, 2.75) is 6.92 Å². The second-order valence-corrected chi connectivity index (χ2v) is 6.50. The monoisotopic (exact) mass is 369 g/mol. The number of pyridine rings is 1. The van der Waals surface area contributed by atoms with Crippen LogP contribution < -0.4 is 5.32 Å². The van der Waals surface area contributed by atoms with Crippen molar-refractivity contribution in [1.29, 1.82) is 0 Å². The molecule has 1 N–H and O–H groups in total. The Kier molecular flexibility index (Phi) is 3.85. The van der Waals surface area contributed by atoms with Crippen LogP contribution in [0.2, 0.25) is 0 Å². The van der Waals surface area contributed by atoms with Crippen LogP contribution in [-0.2, 0) is 0 Å². The smallest absolute Gasteiger partial charge is 0.271 e. The maximum Gasteiger partial charge on any atom is 0.271 e. The standard InChI is InChI=1S/C17H12FN5O2S/c1-10-2-4-12(23(24)25)6-13(10)20-17-21-14(9-26-17)15-7-19-16-5-3-11(18)8-22(15)16/h2-9H,1H3,(H,20,21). The Hall–Kier alpha value is -3.33. The lowest BCUT2D eigenvalue weighted by Gasteiger charge is -2.06. The van der Waals surface area contributed by atoms with Gasteiger partial charge in [-0.25, -0.2) is 14.4 Å². The summed E-state index contributed by atoms with van der Waals surface area (Å²) < 4.78 is 15.1. The average molecular weight is 369 g/mol. The molecule has 0 spiro atoms. The van der Waals surface area contributed by atoms with Gasteiger partial charge in [-0.05, 0) is 24.6 Å². The number of thiazole rings is 1. The summed E-state index contributed by atoms with van der Waals surface area (Å²) in [6.07, 6.45) is 2.99. The summed E-state index contributed by atoms with van der Waals surface area (Å²) in [6.45, 7) is 1.85. The van der Waals surface area contributed by atoms with Crippen LogP contribution >= 0.6 is 11.3 Å². The Morgan fingerprint density at radius 2 is 2.15 bits per heavy atom. The summed E-state index contributed by atoms with van der Waals surface area (Å²) >= 11 is 1.35. The third-order valence-corrected chi connectivity index (χ3v) is 4.67. The van der Waals surface area contributed by atoms with Crippen LogP contribution in [-0.4, -0.2) is 19.3 Å². The van der Waals surface area contributed by atoms with Crippen LogP contribution in [0, 0.1) is 22.9 Å². The Balaban J connectivity index is 1.67. The highest BCUT2D eigenvalue weighted by Gasteiger charge is 2.13. The minimum absolute atomic E-state index is 0.00661. The van der Waals surface area contributed by atoms with Crippen LogP contribution in [0.25, 0.3) is 17.0 Å². The predicted octanol–water partition coefficient (Wildman–Crippen LogP) is 4.56. The van der Waals surface area contributed by atoms with Gasteiger partial charge in [-0.3, -0.25) is 14.5 Å². The summed E-state index contributed by atoms with van der Waals surface area (Å²) in [5.74, 6) is -0.363. The second-order valence-electron chi connectivity index (χ2n) is 5.64. The molecule has 0 radical (unpaired) electrons. The van der Waals surface area contributed by atoms with Crippen LogP contribution in [0.15, 0.2) is 48.1 Å². The molecule has 1 aromatic carbocycles. The first kappa shape index (κ1) is 16.2. The van der Waals surface area contributed by atoms with E-state index in [0.717, 1.165) is 5.56 Å². The Labute approximate surface area is 150 Å². The lowest BCUT2D eigenvalue weighted by Crippen LogP contribution is -1.96. The van der Waals surface area contributed by atoms with E-state index in [1.54, 1.807) is 22.7 Å². The van der Waals surface area contributed by atoms with E-state index in [4.69, 9.17) is 0 Å². The van der Waals surface area contributed by atoms with Crippen molar-refractivity contribution < 1.29 is 9.31 Å². The topological polar surface area (TPSA) is 85.4 Å². The summed E-state index contributed by atoms with van der Waals surface area (Å²) in [5.41, 5.74) is 3.41. The molecule has 0 fully saturated rings. The maximum atomic E-state index is 13.5. The van der Waals surface area contributed by atoms with E-state index in [1.165, 1.54) is 35.7 Å². The number of rotatable bonds is 4. The molecule has 0 atom stereocenters. The molecule has 0 amide bonds. The molecular weight excluding hydrogens is 357 g/mol. The van der Waals surface area contributed by atoms with Crippen molar-refractivity contribution in [2.75, 3.05) is 5.32 Å². The number of nitrogens with zero attached hydrogens (tertiary/aromatic N) is 4. The number of nitro benzene ring substituents is 1. The Morgan fingerprint density at radius 3 is 2.96 bits per heavy atom. The van der Waals surface area contributed by atoms with Gasteiger partial charge in [0.1, 0.15) is 17.2 Å². The maximum absolute atomic E-state index is 13.5. The number of halogens is 1. The van der Waals surface area contributed by atoms with Gasteiger partial charge in [0.05, 0.1) is 22.5 Å². The summed E-state index contributed by atoms with van der Waals surface area (Å²) in [7, 11) is 0. The molecule has 9 heteroatoms. The summed E-state index contributed by atoms with van der Waals surface area (Å²) in [5, 5.41) is 16.5. The van der Waals surface area contributed by atoms with Crippen molar-refractivity contribution in [3.63, 3.8) is 0 Å². The molecule has 0 bridgehead atoms. The molecule has 26 heavy (non-hydrogen) atoms. The first-order valence-corrected chi connectivity index (χ1v) is 8.50. The van der Waals surface area contributed by atoms with E-state index in [9.17, 15) is 14.5 Å². The molecule has 0 unspecified atom stereocenters. The van der Waals surface area contributed by atoms with Crippen molar-refractivity contribution in [2.24, 2.45) is 0 Å². The Bertz CT molecular complexity index is 1140. The number of imidazole rings is 1. The number of anilines is 2. The summed E-state index contributed by atoms with van der Waals surface area (Å²) in [4.78, 5) is 19.3. The van der Waals surface area contributed by atoms with E-state index >= 15 is 0 Å². The summed E-state index contributed by atoms with van der Waals surface area (Å²) in [6, 6.07) is 7.56. The third kappa shape index (κ3) is 2.88. The van der Waals surface area contributed by atoms with Crippen LogP contribution in [0.4, 0.5) is 20.9 Å². The zero-order chi connectivity index (χ0) is 18.3. The number of fused-ring (bicyclic) bond motifs is 1. The molecule has 3 heterocycles. The lowest BCUT2D eigenvalue weighted by atomic mass is 10.2. The van der Waals surface area contributed by atoms with Crippen LogP contribution in [0.5, 0.6) is 0 Å². The fourth-order valence-corrected chi connectivity index (χ4v) is 3.28. The number of nitrogens with one attached hydrogen (secondary N) is 1. The normalized spacial score (nSPS) is 11.0. The number of non-ortho nitro benzene ring substituents is 1. The largest absolute Gasteiger partial charge is 0.331 e. The van der Waals surface area contributed by atoms with Gasteiger partial charge in [0.15, 0.2) is 5.13 Å². The fourth-order valence-electron chi connectivity index (χ4n) is 2.57. The van der Waals surface area contributed by atoms with E-state index in [0.29, 0.717) is 27.9 Å². The highest BCUT2D eigenvalue weighted by Crippen LogP contribution is 2.30. The van der Waals surface area contributed by atoms with Gasteiger partial charge < -0.3 is 5.32 Å². The fraction of sp³-hybridized carbons (Fsp3) is 0.0588. The van der Waals surface area contributed by atoms with E-state index < -0.39 is 4.92 Å². The van der Waals surface area contributed by atoms with E-state index in [1.807, 2.05) is 12.3 Å². The van der Waals surface area contributed by atoms with E-state index in [2.05, 4.69) is 15.3 Å². The van der Waals surface area contributed by atoms with Gasteiger partial charge in [0.25, 0.3) is 5.69 Å². The van der Waals surface area contributed by atoms with Crippen LogP contribution in [0.3, 0.4) is 0 Å². The molecule has 130 valence electrons. The highest BCUT2D eigenvalue weighted by atomic mass is 32.1. The number of benzene rings is 1. The van der Waals surface area contributed by atoms with Gasteiger partial charge in [0, 0.05) is 23.7 Å². The van der Waals surface area contributed by atoms with Crippen LogP contribution in [0.1, 0.15) is 5.56 Å². The number of hydrogen-bond acceptors (Lipinski definition) is 6. The molecule has 0 saturated heterocycles. The first-order valence-electron chi connectivity index (χ1n) is 7.62. The molecule has 3 aromatic heterocycles. The molecule has 4 aromatic rings. The predicted molar refractivity (Wildman–Crippen MR) is 97.4 cm³/mol. The van der Waals surface area contributed by atoms with Gasteiger partial charge in [-0.1, -0.05) is 6.07 Å². The number of nitro groups is 1. The van der Waals surface area contributed by atoms with E-state index in [-0.39, 0.29) is 11.5 Å². The SMILES string of the molecule is Cc1ccc([N+](=O)[O-])cc1Nc1nc(-c2cnc3ccc(F)cn23)cs1. The van der Waals surface area contributed by atoms with Crippen molar-refractivity contribution in [1.82, 2.24) is 14.4 Å². The molecule has 4 rings (SSSR count). The lowest BCUT2D eigenvalue weighted by molar-refractivity contribution is -0.384. The number of aryl methyl sites for hydroxylation is 1. The van der Waals surface area contributed by atoms with Gasteiger partial charge >= 0.3 is 0 Å². The van der Waals surface area contributed by atoms with Gasteiger partial charge in [0.2, 0.25) is 0 Å². The molecule has 0 aliphatic rings. The number of aromatic nitrogens is 3. The minimum atomic E-state index is -0.440. The van der Waals surface area contributed by atoms with Crippen molar-refractivity contribution in [3.05, 3.63) is 69.6 Å². The second kappa shape index (κ2) is 6.19.